The van der Waals surface area contributed by atoms with E-state index in [1.165, 1.54) is 48.5 Å². The van der Waals surface area contributed by atoms with Crippen LogP contribution < -0.4 is 10.0 Å². The number of piperidine rings is 1. The molecule has 3 rings (SSSR count). The Balaban J connectivity index is 0.00000243. The van der Waals surface area contributed by atoms with Gasteiger partial charge in [0.2, 0.25) is 20.0 Å². The summed E-state index contributed by atoms with van der Waals surface area (Å²) in [6.45, 7) is 2.09. The Labute approximate surface area is 162 Å². The third kappa shape index (κ3) is 4.40. The second-order valence-corrected chi connectivity index (χ2v) is 10.4. The van der Waals surface area contributed by atoms with Crippen molar-refractivity contribution in [1.29, 1.82) is 0 Å². The third-order valence-electron chi connectivity index (χ3n) is 5.21. The van der Waals surface area contributed by atoms with Crippen molar-refractivity contribution in [3.8, 4) is 0 Å². The van der Waals surface area contributed by atoms with E-state index in [0.29, 0.717) is 25.0 Å². The number of benzene rings is 1. The van der Waals surface area contributed by atoms with E-state index in [4.69, 9.17) is 0 Å². The molecule has 0 aliphatic carbocycles. The van der Waals surface area contributed by atoms with Crippen LogP contribution in [-0.2, 0) is 20.0 Å². The van der Waals surface area contributed by atoms with Crippen LogP contribution in [0.25, 0.3) is 0 Å². The second-order valence-electron chi connectivity index (χ2n) is 6.62. The number of halogens is 1. The molecule has 7 nitrogen and oxygen atoms in total. The van der Waals surface area contributed by atoms with Crippen LogP contribution in [0.4, 0.5) is 0 Å². The molecule has 0 amide bonds. The van der Waals surface area contributed by atoms with E-state index >= 15 is 0 Å². The minimum absolute atomic E-state index is 0. The largest absolute Gasteiger partial charge is 0.314 e. The highest BCUT2D eigenvalue weighted by molar-refractivity contribution is 7.89. The van der Waals surface area contributed by atoms with Gasteiger partial charge < -0.3 is 5.32 Å². The van der Waals surface area contributed by atoms with Crippen LogP contribution in [0.3, 0.4) is 0 Å². The van der Waals surface area contributed by atoms with Gasteiger partial charge in [-0.3, -0.25) is 0 Å². The first-order valence-corrected chi connectivity index (χ1v) is 11.5. The van der Waals surface area contributed by atoms with Crippen LogP contribution in [0.2, 0.25) is 0 Å². The molecule has 26 heavy (non-hydrogen) atoms. The summed E-state index contributed by atoms with van der Waals surface area (Å²) < 4.78 is 52.8. The molecular formula is C16H26ClN3O4S2. The highest BCUT2D eigenvalue weighted by Crippen LogP contribution is 2.29. The average molecular weight is 424 g/mol. The maximum absolute atomic E-state index is 12.8. The van der Waals surface area contributed by atoms with E-state index in [-0.39, 0.29) is 22.2 Å². The summed E-state index contributed by atoms with van der Waals surface area (Å²) in [4.78, 5) is 0.194. The zero-order valence-corrected chi connectivity index (χ0v) is 17.2. The van der Waals surface area contributed by atoms with Crippen LogP contribution in [-0.4, -0.2) is 53.9 Å². The lowest BCUT2D eigenvalue weighted by Crippen LogP contribution is -2.43. The summed E-state index contributed by atoms with van der Waals surface area (Å²) in [5, 5.41) is 3.51. The van der Waals surface area contributed by atoms with Crippen molar-refractivity contribution in [2.75, 3.05) is 26.7 Å². The van der Waals surface area contributed by atoms with Gasteiger partial charge in [-0.1, -0.05) is 0 Å². The zero-order valence-electron chi connectivity index (χ0n) is 14.7. The van der Waals surface area contributed by atoms with Gasteiger partial charge in [-0.15, -0.1) is 12.4 Å². The molecule has 0 spiro atoms. The average Bonchev–Trinajstić information content (AvgIpc) is 3.16. The number of nitrogens with zero attached hydrogens (tertiary/aromatic N) is 1. The predicted molar refractivity (Wildman–Crippen MR) is 102 cm³/mol. The van der Waals surface area contributed by atoms with Crippen molar-refractivity contribution in [2.45, 2.75) is 41.5 Å². The Kier molecular flexibility index (Phi) is 7.09. The first kappa shape index (κ1) is 21.6. The summed E-state index contributed by atoms with van der Waals surface area (Å²) in [6, 6.07) is 5.91. The number of hydrogen-bond acceptors (Lipinski definition) is 5. The number of rotatable bonds is 5. The Bertz CT molecular complexity index is 798. The van der Waals surface area contributed by atoms with Crippen molar-refractivity contribution >= 4 is 32.5 Å². The lowest BCUT2D eigenvalue weighted by molar-refractivity contribution is 0.234. The van der Waals surface area contributed by atoms with Gasteiger partial charge in [0, 0.05) is 19.1 Å². The maximum Gasteiger partial charge on any atom is 0.243 e. The molecule has 1 aromatic rings. The molecule has 2 saturated heterocycles. The van der Waals surface area contributed by atoms with Gasteiger partial charge in [-0.25, -0.2) is 21.6 Å². The highest BCUT2D eigenvalue weighted by atomic mass is 35.5. The molecule has 1 atom stereocenters. The Morgan fingerprint density at radius 2 is 1.58 bits per heavy atom. The van der Waals surface area contributed by atoms with Crippen molar-refractivity contribution in [3.05, 3.63) is 24.3 Å². The molecule has 2 N–H and O–H groups in total. The Hall–Kier alpha value is -0.710. The summed E-state index contributed by atoms with van der Waals surface area (Å²) >= 11 is 0. The van der Waals surface area contributed by atoms with Crippen molar-refractivity contribution < 1.29 is 16.8 Å². The van der Waals surface area contributed by atoms with E-state index in [9.17, 15) is 16.8 Å². The number of hydrogen-bond donors (Lipinski definition) is 2. The van der Waals surface area contributed by atoms with Crippen LogP contribution in [0, 0.1) is 5.92 Å². The minimum Gasteiger partial charge on any atom is -0.314 e. The van der Waals surface area contributed by atoms with E-state index in [1.807, 2.05) is 0 Å². The topological polar surface area (TPSA) is 95.6 Å². The summed E-state index contributed by atoms with van der Waals surface area (Å²) in [7, 11) is -5.82. The van der Waals surface area contributed by atoms with E-state index in [1.54, 1.807) is 0 Å². The fraction of sp³-hybridized carbons (Fsp3) is 0.625. The monoisotopic (exact) mass is 423 g/mol. The maximum atomic E-state index is 12.8. The predicted octanol–water partition coefficient (Wildman–Crippen LogP) is 1.17. The summed E-state index contributed by atoms with van der Waals surface area (Å²) in [5.74, 6) is 0.539. The molecular weight excluding hydrogens is 398 g/mol. The normalized spacial score (nSPS) is 22.9. The molecule has 148 valence electrons. The SMILES string of the molecule is CNS(=O)(=O)c1ccc(S(=O)(=O)N2CCC(C3CCCN3)CC2)cc1.Cl. The molecule has 1 aromatic carbocycles. The van der Waals surface area contributed by atoms with Gasteiger partial charge >= 0.3 is 0 Å². The van der Waals surface area contributed by atoms with Crippen molar-refractivity contribution in [3.63, 3.8) is 0 Å². The first-order chi connectivity index (χ1) is 11.8. The van der Waals surface area contributed by atoms with Gasteiger partial charge in [0.05, 0.1) is 9.79 Å². The second kappa shape index (κ2) is 8.53. The molecule has 1 unspecified atom stereocenters. The van der Waals surface area contributed by atoms with Crippen LogP contribution >= 0.6 is 12.4 Å². The lowest BCUT2D eigenvalue weighted by Gasteiger charge is -2.34. The summed E-state index contributed by atoms with van der Waals surface area (Å²) in [5.41, 5.74) is 0. The molecule has 0 saturated carbocycles. The fourth-order valence-corrected chi connectivity index (χ4v) is 5.89. The Morgan fingerprint density at radius 3 is 2.08 bits per heavy atom. The van der Waals surface area contributed by atoms with Gasteiger partial charge in [0.25, 0.3) is 0 Å². The smallest absolute Gasteiger partial charge is 0.243 e. The van der Waals surface area contributed by atoms with Gasteiger partial charge in [0.15, 0.2) is 0 Å². The van der Waals surface area contributed by atoms with Gasteiger partial charge in [-0.2, -0.15) is 4.31 Å². The molecule has 0 aromatic heterocycles. The fourth-order valence-electron chi connectivity index (χ4n) is 3.69. The van der Waals surface area contributed by atoms with Crippen molar-refractivity contribution in [2.24, 2.45) is 5.92 Å². The zero-order chi connectivity index (χ0) is 18.1. The standard InChI is InChI=1S/C16H25N3O4S2.ClH/c1-17-24(20,21)14-4-6-15(7-5-14)25(22,23)19-11-8-13(9-12-19)16-3-2-10-18-16;/h4-7,13,16-18H,2-3,8-12H2,1H3;1H. The van der Waals surface area contributed by atoms with Gasteiger partial charge in [0.1, 0.15) is 0 Å². The number of nitrogens with one attached hydrogen (secondary N) is 2. The molecule has 0 bridgehead atoms. The quantitative estimate of drug-likeness (QED) is 0.741. The molecule has 2 aliphatic heterocycles. The molecule has 2 heterocycles. The minimum atomic E-state index is -3.58. The van der Waals surface area contributed by atoms with Crippen LogP contribution in [0.5, 0.6) is 0 Å². The third-order valence-corrected chi connectivity index (χ3v) is 8.55. The highest BCUT2D eigenvalue weighted by Gasteiger charge is 2.33. The van der Waals surface area contributed by atoms with Crippen molar-refractivity contribution in [1.82, 2.24) is 14.3 Å². The van der Waals surface area contributed by atoms with E-state index in [0.717, 1.165) is 19.4 Å². The van der Waals surface area contributed by atoms with Gasteiger partial charge in [-0.05, 0) is 69.5 Å². The Morgan fingerprint density at radius 1 is 1.00 bits per heavy atom. The van der Waals surface area contributed by atoms with E-state index < -0.39 is 20.0 Å². The first-order valence-electron chi connectivity index (χ1n) is 8.62. The molecule has 10 heteroatoms. The van der Waals surface area contributed by atoms with Crippen LogP contribution in [0.1, 0.15) is 25.7 Å². The number of sulfonamides is 2. The van der Waals surface area contributed by atoms with Crippen LogP contribution in [0.15, 0.2) is 34.1 Å². The van der Waals surface area contributed by atoms with E-state index in [2.05, 4.69) is 10.0 Å². The molecule has 0 radical (unpaired) electrons. The molecule has 2 fully saturated rings. The lowest BCUT2D eigenvalue weighted by atomic mass is 9.89. The molecule has 2 aliphatic rings. The summed E-state index contributed by atoms with van der Waals surface area (Å²) in [6.07, 6.45) is 4.11.